The molecule has 2 N–H and O–H groups in total. The number of anilines is 1. The summed E-state index contributed by atoms with van der Waals surface area (Å²) in [7, 11) is 0. The predicted octanol–water partition coefficient (Wildman–Crippen LogP) is 1.88. The summed E-state index contributed by atoms with van der Waals surface area (Å²) in [5, 5.41) is 3.05. The van der Waals surface area contributed by atoms with Gasteiger partial charge in [0.05, 0.1) is 39.0 Å². The van der Waals surface area contributed by atoms with Gasteiger partial charge in [-0.25, -0.2) is 0 Å². The highest BCUT2D eigenvalue weighted by Crippen LogP contribution is 2.33. The highest BCUT2D eigenvalue weighted by Gasteiger charge is 2.30. The Morgan fingerprint density at radius 2 is 1.81 bits per heavy atom. The summed E-state index contributed by atoms with van der Waals surface area (Å²) in [6.45, 7) is 4.65. The number of hydrogen-bond donors (Lipinski definition) is 2. The lowest BCUT2D eigenvalue weighted by atomic mass is 10.0. The zero-order valence-electron chi connectivity index (χ0n) is 17.3. The maximum Gasteiger partial charge on any atom is 0.287 e. The van der Waals surface area contributed by atoms with Crippen LogP contribution < -0.4 is 24.6 Å². The number of piperazine rings is 1. The molecule has 0 spiro atoms. The first-order valence-electron chi connectivity index (χ1n) is 10.6. The van der Waals surface area contributed by atoms with Crippen molar-refractivity contribution in [3.8, 4) is 11.5 Å². The van der Waals surface area contributed by atoms with Crippen molar-refractivity contribution in [3.05, 3.63) is 78.3 Å². The van der Waals surface area contributed by atoms with Crippen LogP contribution >= 0.6 is 0 Å². The molecule has 160 valence electrons. The third-order valence-electron chi connectivity index (χ3n) is 6.03. The van der Waals surface area contributed by atoms with E-state index in [0.717, 1.165) is 43.2 Å². The quantitative estimate of drug-likeness (QED) is 0.638. The van der Waals surface area contributed by atoms with Gasteiger partial charge in [-0.15, -0.1) is 0 Å². The minimum Gasteiger partial charge on any atom is -0.459 e. The van der Waals surface area contributed by atoms with Gasteiger partial charge in [0.2, 0.25) is 6.79 Å². The number of hydrogen-bond acceptors (Lipinski definition) is 5. The zero-order valence-corrected chi connectivity index (χ0v) is 17.3. The second kappa shape index (κ2) is 8.73. The zero-order chi connectivity index (χ0) is 21.0. The monoisotopic (exact) mass is 420 g/mol. The Balaban J connectivity index is 1.32. The van der Waals surface area contributed by atoms with Gasteiger partial charge in [0, 0.05) is 11.3 Å². The Labute approximate surface area is 181 Å². The molecule has 1 atom stereocenters. The molecule has 1 amide bonds. The standard InChI is InChI=1S/C24H25N3O4/c28-24(22-7-4-14-29-22)25-16-20(18-8-9-21-23(15-18)31-17-30-21)27-12-10-26(11-13-27)19-5-2-1-3-6-19/h1-9,14-15,20H,10-13,16-17H2,(H,25,28)/p+1/t20-/m0/s1. The molecule has 7 heteroatoms. The lowest BCUT2D eigenvalue weighted by molar-refractivity contribution is -0.931. The second-order valence-electron chi connectivity index (χ2n) is 7.83. The molecular formula is C24H26N3O4+. The number of ether oxygens (including phenoxy) is 2. The summed E-state index contributed by atoms with van der Waals surface area (Å²) in [5.74, 6) is 1.67. The van der Waals surface area contributed by atoms with Gasteiger partial charge in [-0.3, -0.25) is 4.79 Å². The van der Waals surface area contributed by atoms with E-state index in [2.05, 4.69) is 40.5 Å². The van der Waals surface area contributed by atoms with Crippen molar-refractivity contribution in [2.45, 2.75) is 6.04 Å². The third-order valence-corrected chi connectivity index (χ3v) is 6.03. The molecule has 3 aromatic rings. The Hall–Kier alpha value is -3.45. The molecule has 2 aliphatic heterocycles. The van der Waals surface area contributed by atoms with Crippen molar-refractivity contribution in [1.29, 1.82) is 0 Å². The molecule has 5 rings (SSSR count). The van der Waals surface area contributed by atoms with Crippen LogP contribution in [0.5, 0.6) is 11.5 Å². The molecule has 2 aliphatic rings. The largest absolute Gasteiger partial charge is 0.459 e. The highest BCUT2D eigenvalue weighted by atomic mass is 16.7. The average Bonchev–Trinajstić information content (AvgIpc) is 3.52. The third kappa shape index (κ3) is 4.22. The van der Waals surface area contributed by atoms with E-state index in [4.69, 9.17) is 13.9 Å². The van der Waals surface area contributed by atoms with E-state index in [1.54, 1.807) is 12.1 Å². The molecule has 3 heterocycles. The van der Waals surface area contributed by atoms with Crippen LogP contribution in [0, 0.1) is 0 Å². The van der Waals surface area contributed by atoms with Crippen LogP contribution in [-0.4, -0.2) is 45.4 Å². The number of rotatable bonds is 6. The first-order valence-corrected chi connectivity index (χ1v) is 10.6. The number of nitrogens with zero attached hydrogens (tertiary/aromatic N) is 1. The summed E-state index contributed by atoms with van der Waals surface area (Å²) in [6, 6.07) is 20.1. The van der Waals surface area contributed by atoms with Gasteiger partial charge >= 0.3 is 0 Å². The van der Waals surface area contributed by atoms with E-state index in [1.807, 2.05) is 18.2 Å². The molecule has 2 aromatic carbocycles. The number of carbonyl (C=O) groups is 1. The van der Waals surface area contributed by atoms with Crippen molar-refractivity contribution in [2.24, 2.45) is 0 Å². The van der Waals surface area contributed by atoms with Gasteiger partial charge in [0.1, 0.15) is 6.04 Å². The molecular weight excluding hydrogens is 394 g/mol. The normalized spacial score (nSPS) is 16.8. The number of para-hydroxylation sites is 1. The summed E-state index contributed by atoms with van der Waals surface area (Å²) >= 11 is 0. The van der Waals surface area contributed by atoms with Gasteiger partial charge in [0.25, 0.3) is 5.91 Å². The minimum absolute atomic E-state index is 0.103. The van der Waals surface area contributed by atoms with E-state index in [0.29, 0.717) is 12.3 Å². The maximum atomic E-state index is 12.5. The molecule has 1 aromatic heterocycles. The molecule has 0 aliphatic carbocycles. The Bertz CT molecular complexity index is 1010. The fourth-order valence-electron chi connectivity index (χ4n) is 4.36. The lowest BCUT2D eigenvalue weighted by Crippen LogP contribution is -3.15. The molecule has 1 saturated heterocycles. The second-order valence-corrected chi connectivity index (χ2v) is 7.83. The van der Waals surface area contributed by atoms with Crippen molar-refractivity contribution >= 4 is 11.6 Å². The van der Waals surface area contributed by atoms with Crippen LogP contribution in [0.2, 0.25) is 0 Å². The number of amides is 1. The van der Waals surface area contributed by atoms with Crippen LogP contribution in [0.4, 0.5) is 5.69 Å². The minimum atomic E-state index is -0.196. The van der Waals surface area contributed by atoms with Crippen molar-refractivity contribution in [1.82, 2.24) is 5.32 Å². The maximum absolute atomic E-state index is 12.5. The Morgan fingerprint density at radius 1 is 1.00 bits per heavy atom. The van der Waals surface area contributed by atoms with Gasteiger partial charge in [-0.1, -0.05) is 18.2 Å². The number of furan rings is 1. The van der Waals surface area contributed by atoms with Gasteiger partial charge in [-0.05, 0) is 42.5 Å². The molecule has 31 heavy (non-hydrogen) atoms. The van der Waals surface area contributed by atoms with E-state index in [-0.39, 0.29) is 18.7 Å². The molecule has 1 fully saturated rings. The Kier molecular flexibility index (Phi) is 5.50. The predicted molar refractivity (Wildman–Crippen MR) is 116 cm³/mol. The van der Waals surface area contributed by atoms with Gasteiger partial charge < -0.3 is 29.0 Å². The molecule has 0 radical (unpaired) electrons. The number of quaternary nitrogens is 1. The van der Waals surface area contributed by atoms with E-state index < -0.39 is 0 Å². The number of nitrogens with one attached hydrogen (secondary N) is 2. The van der Waals surface area contributed by atoms with Gasteiger partial charge in [-0.2, -0.15) is 0 Å². The lowest BCUT2D eigenvalue weighted by Gasteiger charge is -2.37. The summed E-state index contributed by atoms with van der Waals surface area (Å²) < 4.78 is 16.3. The molecule has 0 bridgehead atoms. The van der Waals surface area contributed by atoms with Crippen LogP contribution in [0.25, 0.3) is 0 Å². The topological polar surface area (TPSA) is 68.4 Å². The van der Waals surface area contributed by atoms with Crippen LogP contribution in [0.1, 0.15) is 22.2 Å². The molecule has 7 nitrogen and oxygen atoms in total. The average molecular weight is 420 g/mol. The van der Waals surface area contributed by atoms with Crippen molar-refractivity contribution in [3.63, 3.8) is 0 Å². The summed E-state index contributed by atoms with van der Waals surface area (Å²) in [4.78, 5) is 16.3. The SMILES string of the molecule is O=C(NC[C@@H](c1ccc2c(c1)OCO2)[NH+]1CCN(c2ccccc2)CC1)c1ccco1. The number of benzene rings is 2. The Morgan fingerprint density at radius 3 is 2.58 bits per heavy atom. The first-order chi connectivity index (χ1) is 15.3. The van der Waals surface area contributed by atoms with Crippen LogP contribution in [0.3, 0.4) is 0 Å². The summed E-state index contributed by atoms with van der Waals surface area (Å²) in [6.07, 6.45) is 1.51. The van der Waals surface area contributed by atoms with E-state index in [9.17, 15) is 4.79 Å². The van der Waals surface area contributed by atoms with Gasteiger partial charge in [0.15, 0.2) is 17.3 Å². The number of carbonyl (C=O) groups excluding carboxylic acids is 1. The highest BCUT2D eigenvalue weighted by molar-refractivity contribution is 5.91. The number of fused-ring (bicyclic) bond motifs is 1. The fourth-order valence-corrected chi connectivity index (χ4v) is 4.36. The van der Waals surface area contributed by atoms with Crippen LogP contribution in [-0.2, 0) is 0 Å². The first kappa shape index (κ1) is 19.5. The van der Waals surface area contributed by atoms with Crippen molar-refractivity contribution < 1.29 is 23.6 Å². The molecule has 0 saturated carbocycles. The molecule has 0 unspecified atom stereocenters. The van der Waals surface area contributed by atoms with Crippen molar-refractivity contribution in [2.75, 3.05) is 44.4 Å². The smallest absolute Gasteiger partial charge is 0.287 e. The fraction of sp³-hybridized carbons (Fsp3) is 0.292. The summed E-state index contributed by atoms with van der Waals surface area (Å²) in [5.41, 5.74) is 2.39. The van der Waals surface area contributed by atoms with Crippen LogP contribution in [0.15, 0.2) is 71.3 Å². The van der Waals surface area contributed by atoms with E-state index in [1.165, 1.54) is 16.9 Å². The van der Waals surface area contributed by atoms with E-state index >= 15 is 0 Å².